The van der Waals surface area contributed by atoms with Gasteiger partial charge in [0.15, 0.2) is 0 Å². The standard InChI is InChI=1S/C33H48FN5O6/c1-9-39(29(43)45-31(5,6)7)24-14-21(34)13-23-25(24)36-27(41)32(23,8)38-12-10-11-22(17-38)35-26(40)20-15-33(16-20)18-37(19-33)28(42)44-30(2,3)4/h13-14,20,22H,9-12,15-19H2,1-8H3,(H,35,40)(H,36,41)/t22-,32?/m1/s1. The van der Waals surface area contributed by atoms with Crippen molar-refractivity contribution in [1.29, 1.82) is 0 Å². The number of hydrogen-bond acceptors (Lipinski definition) is 7. The topological polar surface area (TPSA) is 121 Å². The highest BCUT2D eigenvalue weighted by atomic mass is 19.1. The monoisotopic (exact) mass is 629 g/mol. The minimum absolute atomic E-state index is 0.00565. The number of nitrogens with zero attached hydrogens (tertiary/aromatic N) is 3. The number of likely N-dealkylation sites (tertiary alicyclic amines) is 2. The maximum absolute atomic E-state index is 15.2. The van der Waals surface area contributed by atoms with Gasteiger partial charge in [-0.15, -0.1) is 0 Å². The number of hydrogen-bond donors (Lipinski definition) is 2. The molecule has 2 atom stereocenters. The van der Waals surface area contributed by atoms with Crippen LogP contribution in [0.2, 0.25) is 0 Å². The van der Waals surface area contributed by atoms with Crippen LogP contribution in [0, 0.1) is 17.2 Å². The van der Waals surface area contributed by atoms with Crippen molar-refractivity contribution in [2.45, 2.75) is 104 Å². The van der Waals surface area contributed by atoms with Crippen LogP contribution < -0.4 is 15.5 Å². The first-order valence-corrected chi connectivity index (χ1v) is 16.0. The second-order valence-corrected chi connectivity index (χ2v) is 15.3. The molecule has 4 amide bonds. The number of nitrogens with one attached hydrogen (secondary N) is 2. The van der Waals surface area contributed by atoms with Gasteiger partial charge < -0.3 is 25.0 Å². The lowest BCUT2D eigenvalue weighted by Gasteiger charge is -2.58. The molecule has 1 aromatic carbocycles. The summed E-state index contributed by atoms with van der Waals surface area (Å²) in [6, 6.07) is 2.44. The lowest BCUT2D eigenvalue weighted by Crippen LogP contribution is -2.66. The molecule has 1 aromatic rings. The van der Waals surface area contributed by atoms with Crippen LogP contribution in [-0.4, -0.2) is 83.8 Å². The number of anilines is 2. The Kier molecular flexibility index (Phi) is 8.38. The smallest absolute Gasteiger partial charge is 0.414 e. The predicted molar refractivity (Wildman–Crippen MR) is 167 cm³/mol. The molecule has 2 saturated heterocycles. The van der Waals surface area contributed by atoms with Crippen LogP contribution in [0.5, 0.6) is 0 Å². The summed E-state index contributed by atoms with van der Waals surface area (Å²) in [5, 5.41) is 6.14. The summed E-state index contributed by atoms with van der Waals surface area (Å²) in [5.41, 5.74) is -1.39. The van der Waals surface area contributed by atoms with Crippen molar-refractivity contribution >= 4 is 35.4 Å². The molecule has 3 aliphatic heterocycles. The van der Waals surface area contributed by atoms with Crippen molar-refractivity contribution in [3.63, 3.8) is 0 Å². The zero-order valence-electron chi connectivity index (χ0n) is 27.8. The summed E-state index contributed by atoms with van der Waals surface area (Å²) in [4.78, 5) is 57.3. The third-order valence-electron chi connectivity index (χ3n) is 9.34. The molecule has 0 bridgehead atoms. The third kappa shape index (κ3) is 6.48. The Hall–Kier alpha value is -3.41. The highest BCUT2D eigenvalue weighted by molar-refractivity contribution is 6.10. The number of fused-ring (bicyclic) bond motifs is 1. The molecule has 1 aliphatic carbocycles. The van der Waals surface area contributed by atoms with Gasteiger partial charge >= 0.3 is 12.2 Å². The van der Waals surface area contributed by atoms with Crippen LogP contribution in [0.4, 0.5) is 25.4 Å². The minimum Gasteiger partial charge on any atom is -0.444 e. The molecule has 1 spiro atoms. The minimum atomic E-state index is -1.19. The summed E-state index contributed by atoms with van der Waals surface area (Å²) in [7, 11) is 0. The molecular weight excluding hydrogens is 581 g/mol. The Labute approximate surface area is 265 Å². The van der Waals surface area contributed by atoms with E-state index < -0.39 is 28.7 Å². The van der Waals surface area contributed by atoms with Crippen LogP contribution in [0.15, 0.2) is 12.1 Å². The first-order valence-electron chi connectivity index (χ1n) is 16.0. The first-order chi connectivity index (χ1) is 20.8. The SMILES string of the molecule is CCN(C(=O)OC(C)(C)C)c1cc(F)cc2c1NC(=O)C2(C)N1CCC[C@@H](NC(=O)C2CC3(C2)CN(C(=O)OC(C)(C)C)C3)C1. The molecule has 248 valence electrons. The molecule has 0 radical (unpaired) electrons. The second-order valence-electron chi connectivity index (χ2n) is 15.3. The Morgan fingerprint density at radius 1 is 1.09 bits per heavy atom. The van der Waals surface area contributed by atoms with E-state index in [1.165, 1.54) is 17.0 Å². The number of benzene rings is 1. The van der Waals surface area contributed by atoms with Gasteiger partial charge in [0, 0.05) is 49.1 Å². The van der Waals surface area contributed by atoms with Gasteiger partial charge in [0.2, 0.25) is 11.8 Å². The highest BCUT2D eigenvalue weighted by Crippen LogP contribution is 2.52. The van der Waals surface area contributed by atoms with Crippen LogP contribution in [0.1, 0.15) is 86.6 Å². The second kappa shape index (κ2) is 11.4. The predicted octanol–water partition coefficient (Wildman–Crippen LogP) is 4.98. The quantitative estimate of drug-likeness (QED) is 0.471. The summed E-state index contributed by atoms with van der Waals surface area (Å²) in [6.07, 6.45) is 2.05. The van der Waals surface area contributed by atoms with E-state index in [0.29, 0.717) is 37.4 Å². The van der Waals surface area contributed by atoms with E-state index >= 15 is 4.39 Å². The normalized spacial score (nSPS) is 24.7. The van der Waals surface area contributed by atoms with Gasteiger partial charge in [0.25, 0.3) is 0 Å². The van der Waals surface area contributed by atoms with E-state index in [0.717, 1.165) is 25.7 Å². The average Bonchev–Trinajstić information content (AvgIpc) is 3.11. The molecule has 11 nitrogen and oxygen atoms in total. The van der Waals surface area contributed by atoms with Crippen molar-refractivity contribution < 1.29 is 33.0 Å². The van der Waals surface area contributed by atoms with Crippen molar-refractivity contribution in [3.8, 4) is 0 Å². The Bertz CT molecular complexity index is 1370. The number of carbonyl (C=O) groups excluding carboxylic acids is 4. The zero-order chi connectivity index (χ0) is 33.1. The van der Waals surface area contributed by atoms with E-state index in [-0.39, 0.29) is 47.5 Å². The third-order valence-corrected chi connectivity index (χ3v) is 9.34. The van der Waals surface area contributed by atoms with Crippen molar-refractivity contribution in [2.75, 3.05) is 42.9 Å². The number of ether oxygens (including phenoxy) is 2. The van der Waals surface area contributed by atoms with E-state index in [4.69, 9.17) is 9.47 Å². The van der Waals surface area contributed by atoms with Crippen LogP contribution in [-0.2, 0) is 24.6 Å². The Morgan fingerprint density at radius 3 is 2.33 bits per heavy atom. The van der Waals surface area contributed by atoms with Gasteiger partial charge in [-0.25, -0.2) is 14.0 Å². The molecule has 0 aromatic heterocycles. The number of carbonyl (C=O) groups is 4. The Balaban J connectivity index is 1.24. The highest BCUT2D eigenvalue weighted by Gasteiger charge is 2.56. The molecule has 3 heterocycles. The van der Waals surface area contributed by atoms with Crippen molar-refractivity contribution in [3.05, 3.63) is 23.5 Å². The van der Waals surface area contributed by atoms with Crippen LogP contribution >= 0.6 is 0 Å². The van der Waals surface area contributed by atoms with Gasteiger partial charge in [-0.2, -0.15) is 0 Å². The van der Waals surface area contributed by atoms with Gasteiger partial charge in [-0.3, -0.25) is 19.4 Å². The number of amides is 4. The van der Waals surface area contributed by atoms with Gasteiger partial charge in [-0.05, 0) is 99.8 Å². The first kappa shape index (κ1) is 33.0. The van der Waals surface area contributed by atoms with Gasteiger partial charge in [-0.1, -0.05) is 0 Å². The van der Waals surface area contributed by atoms with Gasteiger partial charge in [0.1, 0.15) is 22.6 Å². The Morgan fingerprint density at radius 2 is 1.73 bits per heavy atom. The summed E-state index contributed by atoms with van der Waals surface area (Å²) in [6.45, 7) is 16.8. The fraction of sp³-hybridized carbons (Fsp3) is 0.697. The van der Waals surface area contributed by atoms with E-state index in [9.17, 15) is 19.2 Å². The number of rotatable bonds is 5. The van der Waals surface area contributed by atoms with Crippen molar-refractivity contribution in [2.24, 2.45) is 11.3 Å². The summed E-state index contributed by atoms with van der Waals surface area (Å²) < 4.78 is 26.2. The molecule has 3 fully saturated rings. The fourth-order valence-corrected chi connectivity index (χ4v) is 7.18. The average molecular weight is 630 g/mol. The maximum Gasteiger partial charge on any atom is 0.414 e. The van der Waals surface area contributed by atoms with E-state index in [1.807, 2.05) is 25.7 Å². The number of piperidine rings is 1. The molecule has 5 rings (SSSR count). The van der Waals surface area contributed by atoms with Gasteiger partial charge in [0.05, 0.1) is 11.4 Å². The lowest BCUT2D eigenvalue weighted by atomic mass is 9.57. The van der Waals surface area contributed by atoms with Crippen LogP contribution in [0.25, 0.3) is 0 Å². The van der Waals surface area contributed by atoms with E-state index in [1.54, 1.807) is 39.5 Å². The lowest BCUT2D eigenvalue weighted by molar-refractivity contribution is -0.144. The van der Waals surface area contributed by atoms with E-state index in [2.05, 4.69) is 10.6 Å². The van der Waals surface area contributed by atoms with Crippen LogP contribution in [0.3, 0.4) is 0 Å². The zero-order valence-corrected chi connectivity index (χ0v) is 27.8. The fourth-order valence-electron chi connectivity index (χ4n) is 7.18. The molecule has 1 unspecified atom stereocenters. The molecular formula is C33H48FN5O6. The molecule has 2 N–H and O–H groups in total. The number of halogens is 1. The molecule has 12 heteroatoms. The molecule has 45 heavy (non-hydrogen) atoms. The summed E-state index contributed by atoms with van der Waals surface area (Å²) >= 11 is 0. The summed E-state index contributed by atoms with van der Waals surface area (Å²) in [5.74, 6) is -0.988. The molecule has 4 aliphatic rings. The maximum atomic E-state index is 15.2. The largest absolute Gasteiger partial charge is 0.444 e. The van der Waals surface area contributed by atoms with Crippen molar-refractivity contribution in [1.82, 2.24) is 15.1 Å². The molecule has 1 saturated carbocycles.